The molecule has 0 saturated carbocycles. The molecule has 1 aromatic heterocycles. The summed E-state index contributed by atoms with van der Waals surface area (Å²) in [6.07, 6.45) is 0. The summed E-state index contributed by atoms with van der Waals surface area (Å²) < 4.78 is 27.6. The van der Waals surface area contributed by atoms with Gasteiger partial charge in [0.1, 0.15) is 26.4 Å². The molecule has 4 nitrogen and oxygen atoms in total. The zero-order chi connectivity index (χ0) is 15.2. The Morgan fingerprint density at radius 3 is 1.26 bits per heavy atom. The fourth-order valence-electron chi connectivity index (χ4n) is 2.19. The maximum absolute atomic E-state index is 5.65. The van der Waals surface area contributed by atoms with Crippen LogP contribution in [0.4, 0.5) is 0 Å². The molecule has 0 unspecified atom stereocenters. The molecule has 5 rings (SSSR count). The minimum Gasteiger partial charge on any atom is -0.480 e. The van der Waals surface area contributed by atoms with Gasteiger partial charge in [0, 0.05) is 9.06 Å². The molecule has 0 atom stereocenters. The average Bonchev–Trinajstić information content (AvgIpc) is 3.30. The quantitative estimate of drug-likeness (QED) is 0.655. The number of hydrogen-bond acceptors (Lipinski definition) is 9. The van der Waals surface area contributed by atoms with Crippen LogP contribution in [0.5, 0.6) is 0 Å². The highest BCUT2D eigenvalue weighted by molar-refractivity contribution is 8.36. The summed E-state index contributed by atoms with van der Waals surface area (Å²) in [6.45, 7) is 2.55. The monoisotopic (exact) mass is 402 g/mol. The van der Waals surface area contributed by atoms with Gasteiger partial charge < -0.3 is 18.9 Å². The Kier molecular flexibility index (Phi) is 3.94. The summed E-state index contributed by atoms with van der Waals surface area (Å²) in [5.41, 5.74) is 0. The Hall–Kier alpha value is -0.480. The van der Waals surface area contributed by atoms with E-state index >= 15 is 0 Å². The van der Waals surface area contributed by atoms with E-state index in [9.17, 15) is 0 Å². The van der Waals surface area contributed by atoms with Crippen molar-refractivity contribution >= 4 is 66.9 Å². The summed E-state index contributed by atoms with van der Waals surface area (Å²) in [4.78, 5) is 0. The molecule has 0 aromatic carbocycles. The number of hydrogen-bond donors (Lipinski definition) is 0. The van der Waals surface area contributed by atoms with Crippen LogP contribution in [0, 0.1) is 0 Å². The number of thiophene rings is 1. The van der Waals surface area contributed by atoms with Gasteiger partial charge in [0.05, 0.1) is 8.47 Å². The molecule has 0 saturated heterocycles. The van der Waals surface area contributed by atoms with Gasteiger partial charge in [-0.15, -0.1) is 11.3 Å². The van der Waals surface area contributed by atoms with E-state index in [0.29, 0.717) is 26.4 Å². The lowest BCUT2D eigenvalue weighted by molar-refractivity contribution is 0.0949. The summed E-state index contributed by atoms with van der Waals surface area (Å²) in [5.74, 6) is 0. The molecule has 23 heavy (non-hydrogen) atoms. The molecule has 4 aliphatic rings. The topological polar surface area (TPSA) is 36.9 Å². The van der Waals surface area contributed by atoms with Gasteiger partial charge in [-0.2, -0.15) is 0 Å². The molecule has 0 amide bonds. The molecule has 120 valence electrons. The zero-order valence-electron chi connectivity index (χ0n) is 11.7. The normalized spacial score (nSPS) is 23.1. The summed E-state index contributed by atoms with van der Waals surface area (Å²) >= 11 is 8.44. The van der Waals surface area contributed by atoms with E-state index in [1.165, 1.54) is 17.5 Å². The van der Waals surface area contributed by atoms with Crippen LogP contribution in [-0.2, 0) is 18.9 Å². The Bertz CT molecular complexity index is 744. The van der Waals surface area contributed by atoms with Crippen LogP contribution in [0.2, 0.25) is 0 Å². The van der Waals surface area contributed by atoms with Gasteiger partial charge in [0.2, 0.25) is 20.4 Å². The summed E-state index contributed by atoms with van der Waals surface area (Å²) in [5, 5.41) is 3.62. The molecule has 0 aliphatic carbocycles. The van der Waals surface area contributed by atoms with E-state index in [-0.39, 0.29) is 0 Å². The predicted octanol–water partition coefficient (Wildman–Crippen LogP) is 3.19. The molecule has 9 heteroatoms. The Morgan fingerprint density at radius 2 is 0.913 bits per heavy atom. The third kappa shape index (κ3) is 2.76. The van der Waals surface area contributed by atoms with E-state index in [1.54, 1.807) is 58.4 Å². The van der Waals surface area contributed by atoms with Crippen molar-refractivity contribution in [1.29, 1.82) is 0 Å². The van der Waals surface area contributed by atoms with Crippen molar-refractivity contribution in [2.75, 3.05) is 26.4 Å². The fourth-order valence-corrected chi connectivity index (χ4v) is 8.10. The van der Waals surface area contributed by atoms with Gasteiger partial charge in [-0.1, -0.05) is 0 Å². The van der Waals surface area contributed by atoms with Crippen LogP contribution < -0.4 is 9.06 Å². The van der Waals surface area contributed by atoms with Crippen molar-refractivity contribution in [3.05, 3.63) is 41.6 Å². The maximum Gasteiger partial charge on any atom is 0.208 e. The van der Waals surface area contributed by atoms with E-state index < -0.39 is 0 Å². The molecule has 5 heterocycles. The molecule has 4 aliphatic heterocycles. The van der Waals surface area contributed by atoms with Gasteiger partial charge in [-0.3, -0.25) is 0 Å². The van der Waals surface area contributed by atoms with Crippen molar-refractivity contribution in [3.8, 4) is 0 Å². The highest BCUT2D eigenvalue weighted by Gasteiger charge is 2.29. The second kappa shape index (κ2) is 6.11. The molecule has 0 bridgehead atoms. The molecule has 0 N–H and O–H groups in total. The van der Waals surface area contributed by atoms with Crippen molar-refractivity contribution < 1.29 is 18.9 Å². The minimum absolute atomic E-state index is 0.637. The first-order chi connectivity index (χ1) is 11.4. The zero-order valence-corrected chi connectivity index (χ0v) is 15.7. The van der Waals surface area contributed by atoms with Crippen molar-refractivity contribution in [1.82, 2.24) is 0 Å². The van der Waals surface area contributed by atoms with E-state index in [4.69, 9.17) is 18.9 Å². The predicted molar refractivity (Wildman–Crippen MR) is 98.6 cm³/mol. The van der Waals surface area contributed by atoms with Gasteiger partial charge in [-0.05, 0) is 59.2 Å². The molecule has 0 radical (unpaired) electrons. The smallest absolute Gasteiger partial charge is 0.208 e. The van der Waals surface area contributed by atoms with Crippen LogP contribution in [0.25, 0.3) is 8.47 Å². The standard InChI is InChI=1S/C14H10O4S5/c1-2-8(14-22-11-12(23-14)18-6-5-17-11)19-7(1)13-20-9-10(21-13)16-4-3-15-9/h1-2H,3-6H2. The second-order valence-corrected chi connectivity index (χ2v) is 10.2. The lowest BCUT2D eigenvalue weighted by Crippen LogP contribution is -2.08. The lowest BCUT2D eigenvalue weighted by Gasteiger charge is -2.13. The number of rotatable bonds is 0. The van der Waals surface area contributed by atoms with Crippen molar-refractivity contribution in [2.45, 2.75) is 0 Å². The van der Waals surface area contributed by atoms with Crippen molar-refractivity contribution in [2.24, 2.45) is 0 Å². The maximum atomic E-state index is 5.65. The molecular weight excluding hydrogens is 392 g/mol. The van der Waals surface area contributed by atoms with E-state index in [0.717, 1.165) is 20.4 Å². The average molecular weight is 403 g/mol. The van der Waals surface area contributed by atoms with Gasteiger partial charge >= 0.3 is 0 Å². The third-order valence-corrected chi connectivity index (χ3v) is 9.65. The van der Waals surface area contributed by atoms with Gasteiger partial charge in [0.15, 0.2) is 0 Å². The number of ether oxygens (including phenoxy) is 4. The summed E-state index contributed by atoms with van der Waals surface area (Å²) in [6, 6.07) is 4.34. The van der Waals surface area contributed by atoms with E-state index in [2.05, 4.69) is 12.1 Å². The minimum atomic E-state index is 0.637. The van der Waals surface area contributed by atoms with Crippen LogP contribution in [0.15, 0.2) is 32.5 Å². The fraction of sp³-hybridized carbons (Fsp3) is 0.286. The van der Waals surface area contributed by atoms with Crippen LogP contribution >= 0.6 is 58.4 Å². The lowest BCUT2D eigenvalue weighted by atomic mass is 10.6. The van der Waals surface area contributed by atoms with Crippen LogP contribution in [-0.4, -0.2) is 26.4 Å². The molecule has 0 spiro atoms. The first-order valence-electron chi connectivity index (χ1n) is 6.92. The third-order valence-electron chi connectivity index (χ3n) is 3.18. The Labute approximate surface area is 153 Å². The molecule has 0 fully saturated rings. The SMILES string of the molecule is c1cc(=C2SC3=C(OCCO3)S2)sc1=C1SC2=C(OCCO2)S1. The van der Waals surface area contributed by atoms with E-state index in [1.807, 2.05) is 0 Å². The Balaban J connectivity index is 1.46. The highest BCUT2D eigenvalue weighted by Crippen LogP contribution is 2.53. The van der Waals surface area contributed by atoms with Gasteiger partial charge in [-0.25, -0.2) is 0 Å². The largest absolute Gasteiger partial charge is 0.480 e. The van der Waals surface area contributed by atoms with Crippen LogP contribution in [0.1, 0.15) is 0 Å². The summed E-state index contributed by atoms with van der Waals surface area (Å²) in [7, 11) is 0. The first-order valence-corrected chi connectivity index (χ1v) is 11.0. The van der Waals surface area contributed by atoms with Crippen molar-refractivity contribution in [3.63, 3.8) is 0 Å². The van der Waals surface area contributed by atoms with Crippen LogP contribution in [0.3, 0.4) is 0 Å². The van der Waals surface area contributed by atoms with Gasteiger partial charge in [0.25, 0.3) is 0 Å². The second-order valence-electron chi connectivity index (χ2n) is 4.69. The molecule has 1 aromatic rings. The highest BCUT2D eigenvalue weighted by atomic mass is 32.2. The molecular formula is C14H10O4S5. The first kappa shape index (κ1) is 14.8. The number of thioether (sulfide) groups is 4. The Morgan fingerprint density at radius 1 is 0.565 bits per heavy atom.